The molecular weight excluding hydrogens is 470 g/mol. The highest BCUT2D eigenvalue weighted by Gasteiger charge is 2.21. The van der Waals surface area contributed by atoms with Crippen molar-refractivity contribution in [3.8, 4) is 0 Å². The number of thioether (sulfide) groups is 1. The number of nitrogens with zero attached hydrogens (tertiary/aromatic N) is 3. The van der Waals surface area contributed by atoms with Gasteiger partial charge in [0.15, 0.2) is 4.34 Å². The predicted octanol–water partition coefficient (Wildman–Crippen LogP) is 3.61. The summed E-state index contributed by atoms with van der Waals surface area (Å²) in [5, 5.41) is 24.1. The summed E-state index contributed by atoms with van der Waals surface area (Å²) < 4.78 is 5.39. The van der Waals surface area contributed by atoms with Gasteiger partial charge in [-0.05, 0) is 25.1 Å². The lowest BCUT2D eigenvalue weighted by Crippen LogP contribution is -2.17. The molecule has 33 heavy (non-hydrogen) atoms. The first kappa shape index (κ1) is 23.8. The van der Waals surface area contributed by atoms with E-state index in [1.165, 1.54) is 24.3 Å². The zero-order chi connectivity index (χ0) is 23.8. The Kier molecular flexibility index (Phi) is 8.05. The summed E-state index contributed by atoms with van der Waals surface area (Å²) >= 11 is 2.10. The standard InChI is InChI=1S/C20H17N5O6S2/c1-2-31-18(28)12-7-3-5-9-14(12)21-16(26)11-32-20-24-23-19(33-20)22-17(27)13-8-4-6-10-15(13)25(29)30/h3-10H,2,11H2,1H3,(H,21,26)(H,22,23,27). The van der Waals surface area contributed by atoms with Gasteiger partial charge in [0.2, 0.25) is 11.0 Å². The third-order valence-corrected chi connectivity index (χ3v) is 5.97. The molecule has 0 spiro atoms. The number of carbonyl (C=O) groups is 3. The van der Waals surface area contributed by atoms with Crippen LogP contribution in [-0.2, 0) is 9.53 Å². The van der Waals surface area contributed by atoms with Crippen molar-refractivity contribution in [1.82, 2.24) is 10.2 Å². The molecule has 1 heterocycles. The van der Waals surface area contributed by atoms with Crippen LogP contribution in [0.25, 0.3) is 0 Å². The number of aromatic nitrogens is 2. The van der Waals surface area contributed by atoms with E-state index in [1.54, 1.807) is 31.2 Å². The minimum Gasteiger partial charge on any atom is -0.462 e. The van der Waals surface area contributed by atoms with Crippen LogP contribution in [0.2, 0.25) is 0 Å². The number of hydrogen-bond acceptors (Lipinski definition) is 10. The highest BCUT2D eigenvalue weighted by atomic mass is 32.2. The van der Waals surface area contributed by atoms with Gasteiger partial charge in [-0.1, -0.05) is 47.4 Å². The van der Waals surface area contributed by atoms with Crippen molar-refractivity contribution in [2.45, 2.75) is 11.3 Å². The Labute approximate surface area is 195 Å². The normalized spacial score (nSPS) is 10.3. The van der Waals surface area contributed by atoms with Crippen molar-refractivity contribution in [1.29, 1.82) is 0 Å². The van der Waals surface area contributed by atoms with Gasteiger partial charge in [0, 0.05) is 6.07 Å². The van der Waals surface area contributed by atoms with E-state index < -0.39 is 16.8 Å². The summed E-state index contributed by atoms with van der Waals surface area (Å²) in [6.07, 6.45) is 0. The lowest BCUT2D eigenvalue weighted by atomic mass is 10.1. The quantitative estimate of drug-likeness (QED) is 0.151. The molecule has 0 unspecified atom stereocenters. The van der Waals surface area contributed by atoms with E-state index in [1.807, 2.05) is 0 Å². The molecule has 0 saturated heterocycles. The molecule has 0 radical (unpaired) electrons. The van der Waals surface area contributed by atoms with Crippen LogP contribution in [0, 0.1) is 10.1 Å². The number of ether oxygens (including phenoxy) is 1. The first-order valence-corrected chi connectivity index (χ1v) is 11.3. The van der Waals surface area contributed by atoms with Crippen molar-refractivity contribution >= 4 is 57.4 Å². The molecule has 2 amide bonds. The van der Waals surface area contributed by atoms with Gasteiger partial charge in [0.1, 0.15) is 5.56 Å². The Morgan fingerprint density at radius 1 is 1.06 bits per heavy atom. The Morgan fingerprint density at radius 2 is 1.76 bits per heavy atom. The average molecular weight is 488 g/mol. The van der Waals surface area contributed by atoms with E-state index in [9.17, 15) is 24.5 Å². The summed E-state index contributed by atoms with van der Waals surface area (Å²) in [6.45, 7) is 1.90. The number of nitro benzene ring substituents is 1. The maximum Gasteiger partial charge on any atom is 0.340 e. The Morgan fingerprint density at radius 3 is 2.48 bits per heavy atom. The van der Waals surface area contributed by atoms with E-state index in [4.69, 9.17) is 4.74 Å². The first-order chi connectivity index (χ1) is 15.9. The second-order valence-electron chi connectivity index (χ2n) is 6.20. The molecular formula is C20H17N5O6S2. The molecule has 3 aromatic rings. The van der Waals surface area contributed by atoms with Gasteiger partial charge in [-0.25, -0.2) is 4.79 Å². The number of esters is 1. The molecule has 11 nitrogen and oxygen atoms in total. The van der Waals surface area contributed by atoms with Gasteiger partial charge in [0.25, 0.3) is 11.6 Å². The summed E-state index contributed by atoms with van der Waals surface area (Å²) in [5.74, 6) is -1.63. The second kappa shape index (κ2) is 11.2. The summed E-state index contributed by atoms with van der Waals surface area (Å²) in [5.41, 5.74) is 0.144. The smallest absolute Gasteiger partial charge is 0.340 e. The van der Waals surface area contributed by atoms with Crippen molar-refractivity contribution in [3.05, 3.63) is 69.8 Å². The first-order valence-electron chi connectivity index (χ1n) is 9.46. The maximum absolute atomic E-state index is 12.4. The van der Waals surface area contributed by atoms with Gasteiger partial charge in [-0.3, -0.25) is 25.0 Å². The molecule has 0 bridgehead atoms. The molecule has 13 heteroatoms. The van der Waals surface area contributed by atoms with Crippen LogP contribution in [0.5, 0.6) is 0 Å². The Bertz CT molecular complexity index is 1200. The van der Waals surface area contributed by atoms with Gasteiger partial charge < -0.3 is 10.1 Å². The van der Waals surface area contributed by atoms with E-state index in [0.717, 1.165) is 23.1 Å². The fourth-order valence-electron chi connectivity index (χ4n) is 2.60. The van der Waals surface area contributed by atoms with Crippen LogP contribution in [0.15, 0.2) is 52.9 Å². The van der Waals surface area contributed by atoms with Crippen LogP contribution in [0.3, 0.4) is 0 Å². The average Bonchev–Trinajstić information content (AvgIpc) is 3.25. The maximum atomic E-state index is 12.4. The van der Waals surface area contributed by atoms with Crippen LogP contribution in [0.4, 0.5) is 16.5 Å². The van der Waals surface area contributed by atoms with E-state index >= 15 is 0 Å². The summed E-state index contributed by atoms with van der Waals surface area (Å²) in [7, 11) is 0. The van der Waals surface area contributed by atoms with Crippen LogP contribution >= 0.6 is 23.1 Å². The third-order valence-electron chi connectivity index (χ3n) is 4.00. The SMILES string of the molecule is CCOC(=O)c1ccccc1NC(=O)CSc1nnc(NC(=O)c2ccccc2[N+](=O)[O-])s1. The molecule has 1 aromatic heterocycles. The largest absolute Gasteiger partial charge is 0.462 e. The molecule has 0 fully saturated rings. The molecule has 0 aliphatic heterocycles. The molecule has 0 aliphatic carbocycles. The van der Waals surface area contributed by atoms with Gasteiger partial charge in [-0.2, -0.15) is 0 Å². The number of anilines is 2. The van der Waals surface area contributed by atoms with Crippen LogP contribution in [-0.4, -0.2) is 45.3 Å². The number of nitrogens with one attached hydrogen (secondary N) is 2. The molecule has 2 aromatic carbocycles. The van der Waals surface area contributed by atoms with E-state index in [-0.39, 0.29) is 40.2 Å². The molecule has 2 N–H and O–H groups in total. The van der Waals surface area contributed by atoms with Crippen LogP contribution < -0.4 is 10.6 Å². The lowest BCUT2D eigenvalue weighted by molar-refractivity contribution is -0.385. The Hall–Kier alpha value is -3.84. The topological polar surface area (TPSA) is 153 Å². The lowest BCUT2D eigenvalue weighted by Gasteiger charge is -2.09. The van der Waals surface area contributed by atoms with Crippen molar-refractivity contribution in [2.75, 3.05) is 23.0 Å². The van der Waals surface area contributed by atoms with Gasteiger partial charge >= 0.3 is 5.97 Å². The van der Waals surface area contributed by atoms with Crippen molar-refractivity contribution < 1.29 is 24.0 Å². The molecule has 0 aliphatic rings. The number of rotatable bonds is 9. The Balaban J connectivity index is 1.58. The summed E-state index contributed by atoms with van der Waals surface area (Å²) in [4.78, 5) is 47.1. The predicted molar refractivity (Wildman–Crippen MR) is 123 cm³/mol. The zero-order valence-electron chi connectivity index (χ0n) is 17.1. The number of benzene rings is 2. The molecule has 3 rings (SSSR count). The van der Waals surface area contributed by atoms with E-state index in [2.05, 4.69) is 20.8 Å². The van der Waals surface area contributed by atoms with Gasteiger partial charge in [0.05, 0.1) is 28.5 Å². The van der Waals surface area contributed by atoms with Crippen LogP contribution in [0.1, 0.15) is 27.6 Å². The fraction of sp³-hybridized carbons (Fsp3) is 0.150. The molecule has 0 atom stereocenters. The number of carbonyl (C=O) groups excluding carboxylic acids is 3. The van der Waals surface area contributed by atoms with E-state index in [0.29, 0.717) is 10.0 Å². The highest BCUT2D eigenvalue weighted by Crippen LogP contribution is 2.27. The van der Waals surface area contributed by atoms with Crippen molar-refractivity contribution in [3.63, 3.8) is 0 Å². The number of amides is 2. The number of nitro groups is 1. The minimum atomic E-state index is -0.691. The fourth-order valence-corrected chi connectivity index (χ4v) is 4.15. The highest BCUT2D eigenvalue weighted by molar-refractivity contribution is 8.01. The second-order valence-corrected chi connectivity index (χ2v) is 8.40. The third kappa shape index (κ3) is 6.33. The monoisotopic (exact) mass is 487 g/mol. The zero-order valence-corrected chi connectivity index (χ0v) is 18.8. The minimum absolute atomic E-state index is 0.0239. The summed E-state index contributed by atoms with van der Waals surface area (Å²) in [6, 6.07) is 12.0. The van der Waals surface area contributed by atoms with Crippen molar-refractivity contribution in [2.24, 2.45) is 0 Å². The number of hydrogen-bond donors (Lipinski definition) is 2. The number of para-hydroxylation sites is 2. The van der Waals surface area contributed by atoms with Gasteiger partial charge in [-0.15, -0.1) is 10.2 Å². The molecule has 170 valence electrons. The molecule has 0 saturated carbocycles.